The highest BCUT2D eigenvalue weighted by Gasteiger charge is 2.36. The highest BCUT2D eigenvalue weighted by molar-refractivity contribution is 4.90. The molecule has 0 radical (unpaired) electrons. The molecule has 0 unspecified atom stereocenters. The number of rotatable bonds is 3. The van der Waals surface area contributed by atoms with Crippen molar-refractivity contribution in [1.82, 2.24) is 5.32 Å². The molecule has 0 aromatic rings. The van der Waals surface area contributed by atoms with Crippen LogP contribution in [0.15, 0.2) is 0 Å². The smallest absolute Gasteiger partial charge is 0.0813 e. The maximum atomic E-state index is 6.48. The van der Waals surface area contributed by atoms with Crippen molar-refractivity contribution in [2.75, 3.05) is 6.54 Å². The van der Waals surface area contributed by atoms with Gasteiger partial charge in [-0.15, -0.1) is 0 Å². The first-order valence-electron chi connectivity index (χ1n) is 7.57. The van der Waals surface area contributed by atoms with Crippen LogP contribution < -0.4 is 5.32 Å². The summed E-state index contributed by atoms with van der Waals surface area (Å²) in [7, 11) is 0. The minimum Gasteiger partial charge on any atom is -0.368 e. The van der Waals surface area contributed by atoms with Gasteiger partial charge in [-0.3, -0.25) is 0 Å². The minimum absolute atomic E-state index is 0.0437. The Morgan fingerprint density at radius 2 is 1.39 bits per heavy atom. The lowest BCUT2D eigenvalue weighted by molar-refractivity contribution is -0.139. The van der Waals surface area contributed by atoms with Gasteiger partial charge in [-0.1, -0.05) is 25.7 Å². The molecular formula is C16H33NO. The Hall–Kier alpha value is -0.0800. The van der Waals surface area contributed by atoms with E-state index < -0.39 is 0 Å². The van der Waals surface area contributed by atoms with E-state index in [1.807, 2.05) is 0 Å². The summed E-state index contributed by atoms with van der Waals surface area (Å²) in [5, 5.41) is 3.66. The van der Waals surface area contributed by atoms with Crippen molar-refractivity contribution >= 4 is 0 Å². The van der Waals surface area contributed by atoms with Gasteiger partial charge in [-0.05, 0) is 54.4 Å². The van der Waals surface area contributed by atoms with Crippen molar-refractivity contribution in [2.45, 2.75) is 96.8 Å². The van der Waals surface area contributed by atoms with Gasteiger partial charge in [0.2, 0.25) is 0 Å². The second-order valence-corrected chi connectivity index (χ2v) is 7.92. The largest absolute Gasteiger partial charge is 0.368 e. The van der Waals surface area contributed by atoms with E-state index in [9.17, 15) is 0 Å². The van der Waals surface area contributed by atoms with Crippen LogP contribution in [0, 0.1) is 0 Å². The van der Waals surface area contributed by atoms with E-state index in [1.54, 1.807) is 0 Å². The molecule has 1 aliphatic carbocycles. The molecule has 2 heteroatoms. The van der Waals surface area contributed by atoms with Crippen LogP contribution in [0.25, 0.3) is 0 Å². The summed E-state index contributed by atoms with van der Waals surface area (Å²) in [6.07, 6.45) is 7.75. The van der Waals surface area contributed by atoms with E-state index in [0.717, 1.165) is 6.54 Å². The van der Waals surface area contributed by atoms with Crippen LogP contribution in [0.4, 0.5) is 0 Å². The summed E-state index contributed by atoms with van der Waals surface area (Å²) in [6.45, 7) is 14.2. The maximum absolute atomic E-state index is 6.48. The molecule has 0 saturated heterocycles. The predicted molar refractivity (Wildman–Crippen MR) is 79.0 cm³/mol. The van der Waals surface area contributed by atoms with Gasteiger partial charge in [-0.2, -0.15) is 0 Å². The molecule has 0 heterocycles. The van der Waals surface area contributed by atoms with Crippen LogP contribution in [-0.2, 0) is 4.74 Å². The van der Waals surface area contributed by atoms with Crippen molar-refractivity contribution in [3.63, 3.8) is 0 Å². The first kappa shape index (κ1) is 16.0. The zero-order valence-corrected chi connectivity index (χ0v) is 13.4. The third-order valence-electron chi connectivity index (χ3n) is 3.48. The van der Waals surface area contributed by atoms with Gasteiger partial charge in [-0.25, -0.2) is 0 Å². The van der Waals surface area contributed by atoms with Gasteiger partial charge in [0.25, 0.3) is 0 Å². The molecule has 1 aliphatic rings. The van der Waals surface area contributed by atoms with Crippen LogP contribution in [0.3, 0.4) is 0 Å². The van der Waals surface area contributed by atoms with Crippen LogP contribution in [0.1, 0.15) is 80.1 Å². The van der Waals surface area contributed by atoms with Gasteiger partial charge in [0.15, 0.2) is 0 Å². The Balaban J connectivity index is 2.72. The normalized spacial score (nSPS) is 21.7. The van der Waals surface area contributed by atoms with Gasteiger partial charge in [0.1, 0.15) is 0 Å². The summed E-state index contributed by atoms with van der Waals surface area (Å²) < 4.78 is 6.48. The van der Waals surface area contributed by atoms with Crippen molar-refractivity contribution in [3.05, 3.63) is 0 Å². The molecule has 0 aliphatic heterocycles. The van der Waals surface area contributed by atoms with Crippen LogP contribution in [0.2, 0.25) is 0 Å². The van der Waals surface area contributed by atoms with Gasteiger partial charge in [0.05, 0.1) is 11.2 Å². The van der Waals surface area contributed by atoms with Gasteiger partial charge in [0, 0.05) is 12.1 Å². The van der Waals surface area contributed by atoms with Crippen molar-refractivity contribution in [3.8, 4) is 0 Å². The van der Waals surface area contributed by atoms with E-state index in [0.29, 0.717) is 0 Å². The molecule has 1 fully saturated rings. The first-order chi connectivity index (χ1) is 8.12. The van der Waals surface area contributed by atoms with Gasteiger partial charge >= 0.3 is 0 Å². The molecule has 1 rings (SSSR count). The second-order valence-electron chi connectivity index (χ2n) is 7.92. The summed E-state index contributed by atoms with van der Waals surface area (Å²) >= 11 is 0. The Kier molecular flexibility index (Phi) is 5.25. The number of hydrogen-bond acceptors (Lipinski definition) is 2. The number of ether oxygens (including phenoxy) is 1. The molecule has 0 spiro atoms. The summed E-state index contributed by atoms with van der Waals surface area (Å²) in [5.41, 5.74) is 0.159. The number of nitrogens with one attached hydrogen (secondary N) is 1. The monoisotopic (exact) mass is 255 g/mol. The summed E-state index contributed by atoms with van der Waals surface area (Å²) in [5.74, 6) is 0. The maximum Gasteiger partial charge on any atom is 0.0813 e. The lowest BCUT2D eigenvalue weighted by atomic mass is 9.91. The predicted octanol–water partition coefficient (Wildman–Crippen LogP) is 4.28. The van der Waals surface area contributed by atoms with E-state index in [4.69, 9.17) is 4.74 Å². The molecule has 2 nitrogen and oxygen atoms in total. The minimum atomic E-state index is -0.0517. The molecule has 0 aromatic heterocycles. The zero-order valence-electron chi connectivity index (χ0n) is 13.4. The third-order valence-corrected chi connectivity index (χ3v) is 3.48. The molecule has 0 aromatic carbocycles. The van der Waals surface area contributed by atoms with E-state index in [2.05, 4.69) is 46.9 Å². The second kappa shape index (κ2) is 5.92. The average molecular weight is 255 g/mol. The number of hydrogen-bond donors (Lipinski definition) is 1. The molecule has 1 N–H and O–H groups in total. The van der Waals surface area contributed by atoms with E-state index in [1.165, 1.54) is 38.5 Å². The van der Waals surface area contributed by atoms with E-state index in [-0.39, 0.29) is 16.7 Å². The van der Waals surface area contributed by atoms with Crippen LogP contribution in [0.5, 0.6) is 0 Å². The Bertz CT molecular complexity index is 239. The summed E-state index contributed by atoms with van der Waals surface area (Å²) in [4.78, 5) is 0. The quantitative estimate of drug-likeness (QED) is 0.760. The van der Waals surface area contributed by atoms with Crippen LogP contribution in [-0.4, -0.2) is 23.3 Å². The Morgan fingerprint density at radius 1 is 0.889 bits per heavy atom. The van der Waals surface area contributed by atoms with Crippen molar-refractivity contribution in [2.24, 2.45) is 0 Å². The summed E-state index contributed by atoms with van der Waals surface area (Å²) in [6, 6.07) is 0. The van der Waals surface area contributed by atoms with Crippen molar-refractivity contribution in [1.29, 1.82) is 0 Å². The average Bonchev–Trinajstić information content (AvgIpc) is 2.38. The Labute approximate surface area is 114 Å². The fraction of sp³-hybridized carbons (Fsp3) is 1.00. The first-order valence-corrected chi connectivity index (χ1v) is 7.57. The third kappa shape index (κ3) is 6.19. The molecule has 1 saturated carbocycles. The lowest BCUT2D eigenvalue weighted by Gasteiger charge is -2.41. The molecule has 108 valence electrons. The zero-order chi connectivity index (χ0) is 13.9. The van der Waals surface area contributed by atoms with E-state index >= 15 is 0 Å². The van der Waals surface area contributed by atoms with Crippen LogP contribution >= 0.6 is 0 Å². The molecule has 18 heavy (non-hydrogen) atoms. The molecule has 0 bridgehead atoms. The van der Waals surface area contributed by atoms with Gasteiger partial charge < -0.3 is 10.1 Å². The topological polar surface area (TPSA) is 21.3 Å². The molecule has 0 atom stereocenters. The standard InChI is InChI=1S/C16H33NO/c1-14(2,3)17-13-16(18-15(4,5)6)11-9-7-8-10-12-16/h17H,7-13H2,1-6H3. The lowest BCUT2D eigenvalue weighted by Crippen LogP contribution is -2.51. The van der Waals surface area contributed by atoms with Crippen molar-refractivity contribution < 1.29 is 4.74 Å². The molecular weight excluding hydrogens is 222 g/mol. The Morgan fingerprint density at radius 3 is 1.78 bits per heavy atom. The fourth-order valence-electron chi connectivity index (χ4n) is 2.76. The fourth-order valence-corrected chi connectivity index (χ4v) is 2.76. The highest BCUT2D eigenvalue weighted by atomic mass is 16.5. The SMILES string of the molecule is CC(C)(C)NCC1(OC(C)(C)C)CCCCCC1. The molecule has 0 amide bonds. The highest BCUT2D eigenvalue weighted by Crippen LogP contribution is 2.34.